The predicted octanol–water partition coefficient (Wildman–Crippen LogP) is 4.35. The summed E-state index contributed by atoms with van der Waals surface area (Å²) in [7, 11) is -1.63. The summed E-state index contributed by atoms with van der Waals surface area (Å²) in [4.78, 5) is 0. The maximum Gasteiger partial charge on any atom is 0.210 e. The van der Waals surface area contributed by atoms with Crippen molar-refractivity contribution in [3.8, 4) is 0 Å². The van der Waals surface area contributed by atoms with Crippen LogP contribution in [0.4, 0.5) is 0 Å². The van der Waals surface area contributed by atoms with Crippen molar-refractivity contribution in [2.24, 2.45) is 0 Å². The largest absolute Gasteiger partial charge is 0.416 e. The fourth-order valence-electron chi connectivity index (χ4n) is 2.18. The molecule has 0 fully saturated rings. The molecule has 0 aliphatic heterocycles. The van der Waals surface area contributed by atoms with E-state index in [1.165, 1.54) is 24.9 Å². The van der Waals surface area contributed by atoms with Crippen LogP contribution in [0.5, 0.6) is 0 Å². The molecule has 3 heteroatoms. The van der Waals surface area contributed by atoms with Gasteiger partial charge in [-0.05, 0) is 25.4 Å². The van der Waals surface area contributed by atoms with Gasteiger partial charge < -0.3 is 4.43 Å². The van der Waals surface area contributed by atoms with Crippen LogP contribution in [0.3, 0.4) is 0 Å². The Morgan fingerprint density at radius 1 is 1.07 bits per heavy atom. The first-order valence-electron chi connectivity index (χ1n) is 5.94. The molecule has 0 aromatic heterocycles. The van der Waals surface area contributed by atoms with Crippen LogP contribution in [0.15, 0.2) is 0 Å². The van der Waals surface area contributed by atoms with Crippen LogP contribution >= 0.6 is 11.6 Å². The minimum absolute atomic E-state index is 0.294. The molecule has 1 nitrogen and oxygen atoms in total. The first-order chi connectivity index (χ1) is 6.66. The summed E-state index contributed by atoms with van der Waals surface area (Å²) >= 11 is 6.46. The monoisotopic (exact) mass is 236 g/mol. The molecule has 0 aliphatic carbocycles. The van der Waals surface area contributed by atoms with Gasteiger partial charge >= 0.3 is 0 Å². The van der Waals surface area contributed by atoms with Gasteiger partial charge in [0.15, 0.2) is 0 Å². The highest BCUT2D eigenvalue weighted by Gasteiger charge is 2.39. The van der Waals surface area contributed by atoms with E-state index in [4.69, 9.17) is 16.0 Å². The van der Waals surface area contributed by atoms with E-state index in [0.717, 1.165) is 13.0 Å². The van der Waals surface area contributed by atoms with Gasteiger partial charge in [0, 0.05) is 6.61 Å². The number of alkyl halides is 1. The smallest absolute Gasteiger partial charge is 0.210 e. The summed E-state index contributed by atoms with van der Waals surface area (Å²) in [6.45, 7) is 9.55. The summed E-state index contributed by atoms with van der Waals surface area (Å²) in [5, 5.41) is 0.294. The van der Waals surface area contributed by atoms with Gasteiger partial charge in [-0.2, -0.15) is 0 Å². The number of hydrogen-bond donors (Lipinski definition) is 0. The maximum absolute atomic E-state index is 6.46. The molecule has 1 unspecified atom stereocenters. The summed E-state index contributed by atoms with van der Waals surface area (Å²) in [5.41, 5.74) is 0. The Labute approximate surface area is 95.3 Å². The quantitative estimate of drug-likeness (QED) is 0.450. The van der Waals surface area contributed by atoms with Crippen molar-refractivity contribution in [3.05, 3.63) is 0 Å². The lowest BCUT2D eigenvalue weighted by Gasteiger charge is -2.34. The van der Waals surface area contributed by atoms with E-state index in [1.807, 2.05) is 0 Å². The second kappa shape index (κ2) is 7.72. The van der Waals surface area contributed by atoms with Gasteiger partial charge in [-0.25, -0.2) is 0 Å². The van der Waals surface area contributed by atoms with Gasteiger partial charge in [-0.3, -0.25) is 0 Å². The first kappa shape index (κ1) is 14.5. The van der Waals surface area contributed by atoms with Crippen molar-refractivity contribution < 1.29 is 4.43 Å². The average molecular weight is 237 g/mol. The van der Waals surface area contributed by atoms with Crippen LogP contribution in [-0.4, -0.2) is 19.9 Å². The van der Waals surface area contributed by atoms with Gasteiger partial charge in [0.05, 0.1) is 5.00 Å². The third-order valence-corrected chi connectivity index (χ3v) is 9.32. The van der Waals surface area contributed by atoms with Crippen molar-refractivity contribution in [2.45, 2.75) is 64.0 Å². The molecule has 86 valence electrons. The van der Waals surface area contributed by atoms with Crippen LogP contribution in [0.2, 0.25) is 12.1 Å². The van der Waals surface area contributed by atoms with Crippen molar-refractivity contribution in [3.63, 3.8) is 0 Å². The van der Waals surface area contributed by atoms with Gasteiger partial charge in [0.25, 0.3) is 0 Å². The van der Waals surface area contributed by atoms with E-state index < -0.39 is 8.32 Å². The molecule has 0 heterocycles. The second-order valence-corrected chi connectivity index (χ2v) is 8.88. The molecule has 0 amide bonds. The molecule has 0 aromatic rings. The van der Waals surface area contributed by atoms with E-state index in [1.54, 1.807) is 0 Å². The molecule has 0 saturated heterocycles. The van der Waals surface area contributed by atoms with Crippen LogP contribution in [0.1, 0.15) is 47.0 Å². The minimum atomic E-state index is -1.63. The molecule has 0 radical (unpaired) electrons. The highest BCUT2D eigenvalue weighted by molar-refractivity contribution is 6.81. The van der Waals surface area contributed by atoms with Crippen molar-refractivity contribution in [1.29, 1.82) is 0 Å². The Balaban J connectivity index is 4.53. The zero-order chi connectivity index (χ0) is 11.0. The van der Waals surface area contributed by atoms with E-state index in [-0.39, 0.29) is 0 Å². The van der Waals surface area contributed by atoms with Gasteiger partial charge in [0.1, 0.15) is 0 Å². The van der Waals surface area contributed by atoms with Crippen LogP contribution in [0, 0.1) is 0 Å². The highest BCUT2D eigenvalue weighted by Crippen LogP contribution is 2.30. The Kier molecular flexibility index (Phi) is 7.98. The van der Waals surface area contributed by atoms with Crippen molar-refractivity contribution >= 4 is 19.9 Å². The summed E-state index contributed by atoms with van der Waals surface area (Å²) in [6, 6.07) is 2.44. The third-order valence-electron chi connectivity index (χ3n) is 2.71. The lowest BCUT2D eigenvalue weighted by Crippen LogP contribution is -2.47. The zero-order valence-corrected chi connectivity index (χ0v) is 11.9. The first-order valence-corrected chi connectivity index (χ1v) is 8.78. The molecule has 1 atom stereocenters. The lowest BCUT2D eigenvalue weighted by molar-refractivity contribution is 0.314. The summed E-state index contributed by atoms with van der Waals surface area (Å²) in [6.07, 6.45) is 3.46. The second-order valence-electron chi connectivity index (χ2n) is 3.87. The molecule has 0 saturated carbocycles. The van der Waals surface area contributed by atoms with E-state index in [2.05, 4.69) is 27.7 Å². The van der Waals surface area contributed by atoms with Crippen LogP contribution < -0.4 is 0 Å². The van der Waals surface area contributed by atoms with Crippen molar-refractivity contribution in [1.82, 2.24) is 0 Å². The summed E-state index contributed by atoms with van der Waals surface area (Å²) < 4.78 is 6.07. The zero-order valence-electron chi connectivity index (χ0n) is 10.1. The standard InChI is InChI=1S/C11H25ClOSi/c1-5-9-14(10-6-2,13-8-4)11(12)7-3/h11H,5-10H2,1-4H3. The molecular weight excluding hydrogens is 212 g/mol. The third kappa shape index (κ3) is 3.91. The SMILES string of the molecule is CCC[Si](CCC)(OCC)C(Cl)CC. The van der Waals surface area contributed by atoms with E-state index >= 15 is 0 Å². The summed E-state index contributed by atoms with van der Waals surface area (Å²) in [5.74, 6) is 0. The van der Waals surface area contributed by atoms with Crippen LogP contribution in [-0.2, 0) is 4.43 Å². The molecule has 0 bridgehead atoms. The number of rotatable bonds is 8. The molecule has 0 N–H and O–H groups in total. The molecule has 14 heavy (non-hydrogen) atoms. The number of hydrogen-bond acceptors (Lipinski definition) is 1. The Bertz CT molecular complexity index is 124. The molecule has 0 rings (SSSR count). The Morgan fingerprint density at radius 3 is 1.86 bits per heavy atom. The van der Waals surface area contributed by atoms with Crippen molar-refractivity contribution in [2.75, 3.05) is 6.61 Å². The Morgan fingerprint density at radius 2 is 1.57 bits per heavy atom. The molecular formula is C11H25ClOSi. The van der Waals surface area contributed by atoms with E-state index in [9.17, 15) is 0 Å². The molecule has 0 aromatic carbocycles. The fourth-order valence-corrected chi connectivity index (χ4v) is 7.38. The predicted molar refractivity (Wildman–Crippen MR) is 67.5 cm³/mol. The van der Waals surface area contributed by atoms with Crippen LogP contribution in [0.25, 0.3) is 0 Å². The van der Waals surface area contributed by atoms with Gasteiger partial charge in [-0.1, -0.05) is 33.6 Å². The Hall–Kier alpha value is 0.467. The normalized spacial score (nSPS) is 14.4. The van der Waals surface area contributed by atoms with Gasteiger partial charge in [-0.15, -0.1) is 11.6 Å². The number of halogens is 1. The molecule has 0 spiro atoms. The minimum Gasteiger partial charge on any atom is -0.416 e. The lowest BCUT2D eigenvalue weighted by atomic mass is 10.5. The maximum atomic E-state index is 6.46. The fraction of sp³-hybridized carbons (Fsp3) is 1.00. The van der Waals surface area contributed by atoms with E-state index in [0.29, 0.717) is 5.00 Å². The topological polar surface area (TPSA) is 9.23 Å². The highest BCUT2D eigenvalue weighted by atomic mass is 35.5. The van der Waals surface area contributed by atoms with Gasteiger partial charge in [0.2, 0.25) is 8.32 Å². The molecule has 0 aliphatic rings. The average Bonchev–Trinajstić information content (AvgIpc) is 2.17.